The number of amides is 3. The standard InChI is InChI=1S/C17H23N3O5S/c1-18(2)17(23)20-8-7-19(14-10-26(24,25)11-15(14)20)16(22)9-12-3-5-13(21)6-4-12/h3-6,14-15,21H,7-11H2,1-2H3. The van der Waals surface area contributed by atoms with E-state index in [4.69, 9.17) is 0 Å². The van der Waals surface area contributed by atoms with Gasteiger partial charge in [-0.2, -0.15) is 0 Å². The molecule has 3 rings (SSSR count). The van der Waals surface area contributed by atoms with Crippen molar-refractivity contribution in [3.63, 3.8) is 0 Å². The molecule has 8 nitrogen and oxygen atoms in total. The van der Waals surface area contributed by atoms with Crippen molar-refractivity contribution in [1.29, 1.82) is 0 Å². The van der Waals surface area contributed by atoms with Gasteiger partial charge in [0.1, 0.15) is 5.75 Å². The number of phenols is 1. The number of sulfone groups is 1. The largest absolute Gasteiger partial charge is 0.508 e. The van der Waals surface area contributed by atoms with E-state index < -0.39 is 21.9 Å². The van der Waals surface area contributed by atoms with Gasteiger partial charge >= 0.3 is 6.03 Å². The summed E-state index contributed by atoms with van der Waals surface area (Å²) < 4.78 is 24.4. The van der Waals surface area contributed by atoms with Crippen molar-refractivity contribution in [3.05, 3.63) is 29.8 Å². The molecule has 0 saturated carbocycles. The number of carbonyl (C=O) groups is 2. The fraction of sp³-hybridized carbons (Fsp3) is 0.529. The second-order valence-corrected chi connectivity index (χ2v) is 9.17. The number of piperazine rings is 1. The van der Waals surface area contributed by atoms with E-state index in [1.54, 1.807) is 36.0 Å². The second-order valence-electron chi connectivity index (χ2n) is 7.01. The molecule has 0 bridgehead atoms. The third kappa shape index (κ3) is 3.62. The molecule has 1 aromatic carbocycles. The lowest BCUT2D eigenvalue weighted by Gasteiger charge is -2.44. The van der Waals surface area contributed by atoms with Gasteiger partial charge in [0.25, 0.3) is 0 Å². The molecule has 2 aliphatic rings. The van der Waals surface area contributed by atoms with E-state index in [2.05, 4.69) is 0 Å². The maximum atomic E-state index is 12.8. The van der Waals surface area contributed by atoms with Gasteiger partial charge in [-0.15, -0.1) is 0 Å². The summed E-state index contributed by atoms with van der Waals surface area (Å²) in [7, 11) is -0.0490. The van der Waals surface area contributed by atoms with Gasteiger partial charge in [-0.05, 0) is 17.7 Å². The molecule has 1 aromatic rings. The van der Waals surface area contributed by atoms with Crippen LogP contribution in [0, 0.1) is 0 Å². The first kappa shape index (κ1) is 18.5. The maximum Gasteiger partial charge on any atom is 0.319 e. The molecule has 142 valence electrons. The number of aromatic hydroxyl groups is 1. The van der Waals surface area contributed by atoms with Gasteiger partial charge < -0.3 is 19.8 Å². The number of hydrogen-bond acceptors (Lipinski definition) is 5. The fourth-order valence-electron chi connectivity index (χ4n) is 3.65. The minimum Gasteiger partial charge on any atom is -0.508 e. The molecule has 2 atom stereocenters. The minimum atomic E-state index is -3.31. The summed E-state index contributed by atoms with van der Waals surface area (Å²) in [6, 6.07) is 5.11. The Labute approximate surface area is 152 Å². The highest BCUT2D eigenvalue weighted by Crippen LogP contribution is 2.28. The van der Waals surface area contributed by atoms with Crippen LogP contribution in [-0.4, -0.2) is 90.9 Å². The van der Waals surface area contributed by atoms with Crippen molar-refractivity contribution in [1.82, 2.24) is 14.7 Å². The van der Waals surface area contributed by atoms with Crippen LogP contribution in [0.15, 0.2) is 24.3 Å². The van der Waals surface area contributed by atoms with Crippen LogP contribution in [0.4, 0.5) is 4.79 Å². The Balaban J connectivity index is 1.80. The third-order valence-electron chi connectivity index (χ3n) is 4.92. The number of rotatable bonds is 2. The molecule has 3 amide bonds. The first-order valence-electron chi connectivity index (χ1n) is 8.43. The van der Waals surface area contributed by atoms with E-state index >= 15 is 0 Å². The molecular weight excluding hydrogens is 358 g/mol. The maximum absolute atomic E-state index is 12.8. The number of carbonyl (C=O) groups excluding carboxylic acids is 2. The highest BCUT2D eigenvalue weighted by molar-refractivity contribution is 7.91. The Morgan fingerprint density at radius 3 is 2.19 bits per heavy atom. The van der Waals surface area contributed by atoms with E-state index in [1.807, 2.05) is 0 Å². The summed E-state index contributed by atoms with van der Waals surface area (Å²) in [5.41, 5.74) is 0.747. The zero-order valence-corrected chi connectivity index (χ0v) is 15.6. The van der Waals surface area contributed by atoms with Gasteiger partial charge in [0.15, 0.2) is 9.84 Å². The molecule has 0 spiro atoms. The van der Waals surface area contributed by atoms with Crippen LogP contribution in [0.1, 0.15) is 5.56 Å². The molecule has 2 aliphatic heterocycles. The second kappa shape index (κ2) is 6.79. The Kier molecular flexibility index (Phi) is 4.83. The van der Waals surface area contributed by atoms with Crippen molar-refractivity contribution < 1.29 is 23.1 Å². The molecule has 0 aliphatic carbocycles. The summed E-state index contributed by atoms with van der Waals surface area (Å²) in [5.74, 6) is -0.269. The van der Waals surface area contributed by atoms with E-state index in [9.17, 15) is 23.1 Å². The highest BCUT2D eigenvalue weighted by Gasteiger charge is 2.49. The van der Waals surface area contributed by atoms with E-state index in [0.29, 0.717) is 13.1 Å². The van der Waals surface area contributed by atoms with Gasteiger partial charge in [-0.3, -0.25) is 4.79 Å². The summed E-state index contributed by atoms with van der Waals surface area (Å²) in [6.45, 7) is 0.627. The molecule has 9 heteroatoms. The summed E-state index contributed by atoms with van der Waals surface area (Å²) in [5, 5.41) is 9.34. The minimum absolute atomic E-state index is 0.111. The first-order valence-corrected chi connectivity index (χ1v) is 10.3. The molecule has 1 N–H and O–H groups in total. The van der Waals surface area contributed by atoms with E-state index in [1.165, 1.54) is 17.0 Å². The summed E-state index contributed by atoms with van der Waals surface area (Å²) >= 11 is 0. The molecule has 2 fully saturated rings. The van der Waals surface area contributed by atoms with Gasteiger partial charge in [-0.1, -0.05) is 12.1 Å². The van der Waals surface area contributed by atoms with E-state index in [0.717, 1.165) is 5.56 Å². The summed E-state index contributed by atoms with van der Waals surface area (Å²) in [6.07, 6.45) is 0.130. The summed E-state index contributed by atoms with van der Waals surface area (Å²) in [4.78, 5) is 29.7. The first-order chi connectivity index (χ1) is 12.2. The van der Waals surface area contributed by atoms with Gasteiger partial charge in [0, 0.05) is 27.2 Å². The third-order valence-corrected chi connectivity index (χ3v) is 6.62. The van der Waals surface area contributed by atoms with Crippen LogP contribution in [0.2, 0.25) is 0 Å². The van der Waals surface area contributed by atoms with Crippen LogP contribution in [0.5, 0.6) is 5.75 Å². The molecule has 2 saturated heterocycles. The smallest absolute Gasteiger partial charge is 0.319 e. The highest BCUT2D eigenvalue weighted by atomic mass is 32.2. The fourth-order valence-corrected chi connectivity index (χ4v) is 5.63. The Bertz CT molecular complexity index is 806. The quantitative estimate of drug-likeness (QED) is 0.773. The average molecular weight is 381 g/mol. The molecule has 2 heterocycles. The molecule has 0 aromatic heterocycles. The molecule has 0 radical (unpaired) electrons. The Morgan fingerprint density at radius 1 is 1.08 bits per heavy atom. The van der Waals surface area contributed by atoms with Crippen molar-refractivity contribution in [2.24, 2.45) is 0 Å². The van der Waals surface area contributed by atoms with Crippen LogP contribution in [-0.2, 0) is 21.1 Å². The number of nitrogens with zero attached hydrogens (tertiary/aromatic N) is 3. The normalized spacial score (nSPS) is 24.2. The van der Waals surface area contributed by atoms with Crippen molar-refractivity contribution in [3.8, 4) is 5.75 Å². The van der Waals surface area contributed by atoms with Crippen molar-refractivity contribution >= 4 is 21.8 Å². The zero-order valence-electron chi connectivity index (χ0n) is 14.8. The lowest BCUT2D eigenvalue weighted by Crippen LogP contribution is -2.63. The number of fused-ring (bicyclic) bond motifs is 1. The monoisotopic (exact) mass is 381 g/mol. The Hall–Kier alpha value is -2.29. The number of phenolic OH excluding ortho intramolecular Hbond substituents is 1. The predicted molar refractivity (Wildman–Crippen MR) is 95.5 cm³/mol. The molecule has 2 unspecified atom stereocenters. The van der Waals surface area contributed by atoms with Crippen LogP contribution < -0.4 is 0 Å². The number of urea groups is 1. The lowest BCUT2D eigenvalue weighted by molar-refractivity contribution is -0.135. The lowest BCUT2D eigenvalue weighted by atomic mass is 10.0. The van der Waals surface area contributed by atoms with Gasteiger partial charge in [0.2, 0.25) is 5.91 Å². The van der Waals surface area contributed by atoms with E-state index in [-0.39, 0.29) is 35.6 Å². The van der Waals surface area contributed by atoms with Gasteiger partial charge in [-0.25, -0.2) is 13.2 Å². The SMILES string of the molecule is CN(C)C(=O)N1CCN(C(=O)Cc2ccc(O)cc2)C2CS(=O)(=O)CC21. The molecule has 26 heavy (non-hydrogen) atoms. The number of benzene rings is 1. The topological polar surface area (TPSA) is 98.2 Å². The van der Waals surface area contributed by atoms with Crippen LogP contribution in [0.25, 0.3) is 0 Å². The predicted octanol–water partition coefficient (Wildman–Crippen LogP) is -0.0739. The van der Waals surface area contributed by atoms with Gasteiger partial charge in [0.05, 0.1) is 30.0 Å². The van der Waals surface area contributed by atoms with Crippen molar-refractivity contribution in [2.45, 2.75) is 18.5 Å². The average Bonchev–Trinajstić information content (AvgIpc) is 2.89. The molecular formula is C17H23N3O5S. The van der Waals surface area contributed by atoms with Crippen molar-refractivity contribution in [2.75, 3.05) is 38.7 Å². The number of hydrogen-bond donors (Lipinski definition) is 1. The zero-order chi connectivity index (χ0) is 19.1. The van der Waals surface area contributed by atoms with Crippen LogP contribution >= 0.6 is 0 Å². The Morgan fingerprint density at radius 2 is 1.62 bits per heavy atom. The van der Waals surface area contributed by atoms with Crippen LogP contribution in [0.3, 0.4) is 0 Å².